The summed E-state index contributed by atoms with van der Waals surface area (Å²) in [4.78, 5) is 21.4. The molecule has 0 aliphatic rings. The van der Waals surface area contributed by atoms with Crippen LogP contribution in [0.3, 0.4) is 0 Å². The van der Waals surface area contributed by atoms with Gasteiger partial charge < -0.3 is 15.4 Å². The van der Waals surface area contributed by atoms with E-state index in [4.69, 9.17) is 4.74 Å². The molecule has 0 saturated heterocycles. The summed E-state index contributed by atoms with van der Waals surface area (Å²) < 4.78 is 5.05. The molecule has 134 valence electrons. The van der Waals surface area contributed by atoms with Crippen LogP contribution in [-0.4, -0.2) is 42.7 Å². The largest absolute Gasteiger partial charge is 0.385 e. The molecule has 2 N–H and O–H groups in total. The van der Waals surface area contributed by atoms with Crippen molar-refractivity contribution in [1.82, 2.24) is 15.3 Å². The molecule has 6 heteroatoms. The van der Waals surface area contributed by atoms with Gasteiger partial charge in [0, 0.05) is 38.4 Å². The number of methoxy groups -OCH3 is 1. The Morgan fingerprint density at radius 1 is 1.12 bits per heavy atom. The van der Waals surface area contributed by atoms with E-state index in [2.05, 4.69) is 27.5 Å². The highest BCUT2D eigenvalue weighted by molar-refractivity contribution is 5.93. The van der Waals surface area contributed by atoms with Crippen molar-refractivity contribution < 1.29 is 9.53 Å². The lowest BCUT2D eigenvalue weighted by molar-refractivity contribution is 0.0948. The Morgan fingerprint density at radius 3 is 2.64 bits per heavy atom. The first-order valence-corrected chi connectivity index (χ1v) is 8.70. The van der Waals surface area contributed by atoms with Crippen LogP contribution in [0.25, 0.3) is 11.4 Å². The second-order valence-corrected chi connectivity index (χ2v) is 5.71. The van der Waals surface area contributed by atoms with Gasteiger partial charge in [0.15, 0.2) is 5.82 Å². The molecular weight excluding hydrogens is 316 g/mol. The van der Waals surface area contributed by atoms with E-state index in [1.807, 2.05) is 30.3 Å². The zero-order chi connectivity index (χ0) is 17.9. The zero-order valence-corrected chi connectivity index (χ0v) is 14.9. The molecule has 1 heterocycles. The first kappa shape index (κ1) is 18.9. The number of amides is 1. The standard InChI is InChI=1S/C19H26N4O2/c1-3-4-11-21-19(24)16-14-17(20-12-8-13-25-2)23-18(22-16)15-9-6-5-7-10-15/h5-7,9-10,14H,3-4,8,11-13H2,1-2H3,(H,21,24)(H,20,22,23). The first-order chi connectivity index (χ1) is 12.2. The van der Waals surface area contributed by atoms with Gasteiger partial charge in [-0.05, 0) is 12.8 Å². The predicted molar refractivity (Wildman–Crippen MR) is 99.7 cm³/mol. The fraction of sp³-hybridized carbons (Fsp3) is 0.421. The van der Waals surface area contributed by atoms with Crippen molar-refractivity contribution in [2.45, 2.75) is 26.2 Å². The Hall–Kier alpha value is -2.47. The molecule has 1 amide bonds. The summed E-state index contributed by atoms with van der Waals surface area (Å²) in [7, 11) is 1.68. The monoisotopic (exact) mass is 342 g/mol. The zero-order valence-electron chi connectivity index (χ0n) is 14.9. The minimum absolute atomic E-state index is 0.173. The van der Waals surface area contributed by atoms with Crippen LogP contribution in [0.2, 0.25) is 0 Å². The highest BCUT2D eigenvalue weighted by atomic mass is 16.5. The maximum Gasteiger partial charge on any atom is 0.270 e. The Bertz CT molecular complexity index is 662. The molecule has 0 saturated carbocycles. The average Bonchev–Trinajstić information content (AvgIpc) is 2.66. The summed E-state index contributed by atoms with van der Waals surface area (Å²) in [5.74, 6) is 1.01. The number of benzene rings is 1. The predicted octanol–water partition coefficient (Wildman–Crippen LogP) is 3.12. The molecule has 0 unspecified atom stereocenters. The number of nitrogens with one attached hydrogen (secondary N) is 2. The van der Waals surface area contributed by atoms with E-state index in [1.165, 1.54) is 0 Å². The van der Waals surface area contributed by atoms with Gasteiger partial charge in [-0.2, -0.15) is 0 Å². The van der Waals surface area contributed by atoms with Crippen molar-refractivity contribution in [3.8, 4) is 11.4 Å². The lowest BCUT2D eigenvalue weighted by Crippen LogP contribution is -2.26. The van der Waals surface area contributed by atoms with Gasteiger partial charge in [0.2, 0.25) is 0 Å². The molecule has 0 fully saturated rings. The maximum absolute atomic E-state index is 12.4. The molecule has 2 aromatic rings. The Balaban J connectivity index is 2.20. The average molecular weight is 342 g/mol. The SMILES string of the molecule is CCCCNC(=O)c1cc(NCCCOC)nc(-c2ccccc2)n1. The highest BCUT2D eigenvalue weighted by Gasteiger charge is 2.12. The molecule has 0 spiro atoms. The van der Waals surface area contributed by atoms with Crippen LogP contribution in [0, 0.1) is 0 Å². The number of anilines is 1. The molecule has 6 nitrogen and oxygen atoms in total. The number of rotatable bonds is 10. The van der Waals surface area contributed by atoms with Crippen LogP contribution in [0.5, 0.6) is 0 Å². The summed E-state index contributed by atoms with van der Waals surface area (Å²) >= 11 is 0. The number of carbonyl (C=O) groups is 1. The highest BCUT2D eigenvalue weighted by Crippen LogP contribution is 2.18. The van der Waals surface area contributed by atoms with Crippen LogP contribution >= 0.6 is 0 Å². The molecule has 0 radical (unpaired) electrons. The molecule has 25 heavy (non-hydrogen) atoms. The number of carbonyl (C=O) groups excluding carboxylic acids is 1. The Labute approximate surface area is 149 Å². The number of unbranched alkanes of at least 4 members (excludes halogenated alkanes) is 1. The van der Waals surface area contributed by atoms with Gasteiger partial charge in [0.05, 0.1) is 0 Å². The van der Waals surface area contributed by atoms with Gasteiger partial charge in [-0.1, -0.05) is 43.7 Å². The van der Waals surface area contributed by atoms with Crippen molar-refractivity contribution in [2.24, 2.45) is 0 Å². The number of hydrogen-bond acceptors (Lipinski definition) is 5. The molecule has 0 aliphatic carbocycles. The van der Waals surface area contributed by atoms with Gasteiger partial charge in [-0.25, -0.2) is 9.97 Å². The molecule has 0 aliphatic heterocycles. The van der Waals surface area contributed by atoms with E-state index in [1.54, 1.807) is 13.2 Å². The maximum atomic E-state index is 12.4. The Morgan fingerprint density at radius 2 is 1.92 bits per heavy atom. The van der Waals surface area contributed by atoms with Crippen molar-refractivity contribution in [2.75, 3.05) is 32.1 Å². The third-order valence-electron chi connectivity index (χ3n) is 3.64. The van der Waals surface area contributed by atoms with Crippen LogP contribution in [0.15, 0.2) is 36.4 Å². The topological polar surface area (TPSA) is 76.1 Å². The molecule has 0 atom stereocenters. The first-order valence-electron chi connectivity index (χ1n) is 8.70. The second-order valence-electron chi connectivity index (χ2n) is 5.71. The molecule has 0 bridgehead atoms. The van der Waals surface area contributed by atoms with Gasteiger partial charge >= 0.3 is 0 Å². The quantitative estimate of drug-likeness (QED) is 0.649. The van der Waals surface area contributed by atoms with Crippen molar-refractivity contribution in [3.63, 3.8) is 0 Å². The van der Waals surface area contributed by atoms with E-state index in [0.29, 0.717) is 30.5 Å². The smallest absolute Gasteiger partial charge is 0.270 e. The Kier molecular flexibility index (Phi) is 7.85. The lowest BCUT2D eigenvalue weighted by atomic mass is 10.2. The van der Waals surface area contributed by atoms with E-state index >= 15 is 0 Å². The van der Waals surface area contributed by atoms with E-state index in [-0.39, 0.29) is 5.91 Å². The van der Waals surface area contributed by atoms with Crippen molar-refractivity contribution in [1.29, 1.82) is 0 Å². The third kappa shape index (κ3) is 6.15. The fourth-order valence-corrected chi connectivity index (χ4v) is 2.27. The van der Waals surface area contributed by atoms with E-state index in [0.717, 1.165) is 31.4 Å². The molecule has 1 aromatic heterocycles. The van der Waals surface area contributed by atoms with Gasteiger partial charge in [0.25, 0.3) is 5.91 Å². The van der Waals surface area contributed by atoms with Crippen LogP contribution in [0.4, 0.5) is 5.82 Å². The minimum Gasteiger partial charge on any atom is -0.385 e. The number of nitrogens with zero attached hydrogens (tertiary/aromatic N) is 2. The summed E-state index contributed by atoms with van der Waals surface area (Å²) in [5, 5.41) is 6.15. The van der Waals surface area contributed by atoms with Crippen LogP contribution in [0.1, 0.15) is 36.7 Å². The van der Waals surface area contributed by atoms with Crippen molar-refractivity contribution in [3.05, 3.63) is 42.1 Å². The van der Waals surface area contributed by atoms with E-state index < -0.39 is 0 Å². The molecule has 1 aromatic carbocycles. The van der Waals surface area contributed by atoms with E-state index in [9.17, 15) is 4.79 Å². The molecular formula is C19H26N4O2. The lowest BCUT2D eigenvalue weighted by Gasteiger charge is -2.10. The summed E-state index contributed by atoms with van der Waals surface area (Å²) in [6, 6.07) is 11.4. The second kappa shape index (κ2) is 10.4. The number of hydrogen-bond donors (Lipinski definition) is 2. The van der Waals surface area contributed by atoms with Crippen molar-refractivity contribution >= 4 is 11.7 Å². The van der Waals surface area contributed by atoms with Gasteiger partial charge in [0.1, 0.15) is 11.5 Å². The third-order valence-corrected chi connectivity index (χ3v) is 3.64. The van der Waals surface area contributed by atoms with Gasteiger partial charge in [-0.3, -0.25) is 4.79 Å². The fourth-order valence-electron chi connectivity index (χ4n) is 2.27. The van der Waals surface area contributed by atoms with Crippen LogP contribution < -0.4 is 10.6 Å². The molecule has 2 rings (SSSR count). The van der Waals surface area contributed by atoms with Gasteiger partial charge in [-0.15, -0.1) is 0 Å². The summed E-state index contributed by atoms with van der Waals surface area (Å²) in [5.41, 5.74) is 1.25. The number of ether oxygens (including phenoxy) is 1. The summed E-state index contributed by atoms with van der Waals surface area (Å²) in [6.45, 7) is 4.13. The van der Waals surface area contributed by atoms with Crippen LogP contribution in [-0.2, 0) is 4.74 Å². The normalized spacial score (nSPS) is 10.5. The number of aromatic nitrogens is 2. The summed E-state index contributed by atoms with van der Waals surface area (Å²) in [6.07, 6.45) is 2.84. The minimum atomic E-state index is -0.173.